The topological polar surface area (TPSA) is 73.2 Å². The first-order valence-corrected chi connectivity index (χ1v) is 10.8. The maximum absolute atomic E-state index is 12.5. The molecule has 2 aromatic carbocycles. The average Bonchev–Trinajstić information content (AvgIpc) is 2.72. The Morgan fingerprint density at radius 2 is 1.96 bits per heavy atom. The summed E-state index contributed by atoms with van der Waals surface area (Å²) in [6.45, 7) is 3.41. The molecule has 0 saturated carbocycles. The predicted octanol–water partition coefficient (Wildman–Crippen LogP) is 2.79. The first-order chi connectivity index (χ1) is 13.1. The largest absolute Gasteiger partial charge is 0.303 e. The SMILES string of the molecule is N#Cc1cccc(S(=O)(=O)NCC2CCCN(CCc3ccccc3)C2)c1. The van der Waals surface area contributed by atoms with Crippen LogP contribution in [0.4, 0.5) is 0 Å². The molecular formula is C21H25N3O2S. The summed E-state index contributed by atoms with van der Waals surface area (Å²) in [4.78, 5) is 2.57. The quantitative estimate of drug-likeness (QED) is 0.798. The van der Waals surface area contributed by atoms with Crippen LogP contribution in [0.25, 0.3) is 0 Å². The number of hydrogen-bond donors (Lipinski definition) is 1. The van der Waals surface area contributed by atoms with Crippen molar-refractivity contribution >= 4 is 10.0 Å². The van der Waals surface area contributed by atoms with Crippen molar-refractivity contribution in [3.8, 4) is 6.07 Å². The maximum Gasteiger partial charge on any atom is 0.240 e. The lowest BCUT2D eigenvalue weighted by Gasteiger charge is -2.32. The standard InChI is InChI=1S/C21H25N3O2S/c22-15-19-8-4-10-21(14-19)27(25,26)23-16-20-9-5-12-24(17-20)13-11-18-6-2-1-3-7-18/h1-4,6-8,10,14,20,23H,5,9,11-13,16-17H2. The highest BCUT2D eigenvalue weighted by Gasteiger charge is 2.22. The van der Waals surface area contributed by atoms with E-state index in [1.165, 1.54) is 17.7 Å². The van der Waals surface area contributed by atoms with E-state index in [4.69, 9.17) is 5.26 Å². The van der Waals surface area contributed by atoms with Crippen molar-refractivity contribution in [2.45, 2.75) is 24.2 Å². The number of rotatable bonds is 7. The molecule has 1 unspecified atom stereocenters. The number of nitrogens with zero attached hydrogens (tertiary/aromatic N) is 2. The second-order valence-electron chi connectivity index (χ2n) is 7.04. The van der Waals surface area contributed by atoms with Gasteiger partial charge in [-0.15, -0.1) is 0 Å². The molecule has 0 spiro atoms. The van der Waals surface area contributed by atoms with E-state index in [2.05, 4.69) is 33.9 Å². The van der Waals surface area contributed by atoms with Gasteiger partial charge in [0.25, 0.3) is 0 Å². The lowest BCUT2D eigenvalue weighted by Crippen LogP contribution is -2.41. The zero-order valence-electron chi connectivity index (χ0n) is 15.3. The zero-order chi connectivity index (χ0) is 19.1. The van der Waals surface area contributed by atoms with Crippen LogP contribution in [0.3, 0.4) is 0 Å². The van der Waals surface area contributed by atoms with E-state index >= 15 is 0 Å². The summed E-state index contributed by atoms with van der Waals surface area (Å²) in [5, 5.41) is 8.95. The number of piperidine rings is 1. The Morgan fingerprint density at radius 1 is 1.15 bits per heavy atom. The Hall–Kier alpha value is -2.20. The predicted molar refractivity (Wildman–Crippen MR) is 106 cm³/mol. The first kappa shape index (κ1) is 19.6. The first-order valence-electron chi connectivity index (χ1n) is 9.33. The second-order valence-corrected chi connectivity index (χ2v) is 8.80. The van der Waals surface area contributed by atoms with Gasteiger partial charge in [-0.2, -0.15) is 5.26 Å². The Balaban J connectivity index is 1.52. The number of likely N-dealkylation sites (tertiary alicyclic amines) is 1. The van der Waals surface area contributed by atoms with Crippen molar-refractivity contribution in [2.24, 2.45) is 5.92 Å². The van der Waals surface area contributed by atoms with Crippen LogP contribution in [0.2, 0.25) is 0 Å². The fourth-order valence-electron chi connectivity index (χ4n) is 3.50. The van der Waals surface area contributed by atoms with Gasteiger partial charge in [-0.3, -0.25) is 0 Å². The van der Waals surface area contributed by atoms with Gasteiger partial charge in [0.05, 0.1) is 16.5 Å². The van der Waals surface area contributed by atoms with E-state index in [1.807, 2.05) is 12.1 Å². The van der Waals surface area contributed by atoms with Gasteiger partial charge in [0.15, 0.2) is 0 Å². The smallest absolute Gasteiger partial charge is 0.240 e. The molecule has 142 valence electrons. The number of nitriles is 1. The van der Waals surface area contributed by atoms with Crippen LogP contribution < -0.4 is 4.72 Å². The third-order valence-electron chi connectivity index (χ3n) is 5.00. The summed E-state index contributed by atoms with van der Waals surface area (Å²) < 4.78 is 27.7. The normalized spacial score (nSPS) is 18.1. The van der Waals surface area contributed by atoms with Crippen LogP contribution in [-0.4, -0.2) is 39.5 Å². The summed E-state index contributed by atoms with van der Waals surface area (Å²) in [6.07, 6.45) is 3.13. The molecule has 0 aromatic heterocycles. The van der Waals surface area contributed by atoms with E-state index in [0.29, 0.717) is 18.0 Å². The highest BCUT2D eigenvalue weighted by molar-refractivity contribution is 7.89. The molecule has 3 rings (SSSR count). The number of nitrogens with one attached hydrogen (secondary N) is 1. The Bertz CT molecular complexity index is 891. The van der Waals surface area contributed by atoms with Crippen LogP contribution in [0, 0.1) is 17.2 Å². The van der Waals surface area contributed by atoms with Gasteiger partial charge < -0.3 is 4.90 Å². The van der Waals surface area contributed by atoms with Crippen LogP contribution in [0.15, 0.2) is 59.5 Å². The van der Waals surface area contributed by atoms with Crippen LogP contribution in [-0.2, 0) is 16.4 Å². The highest BCUT2D eigenvalue weighted by atomic mass is 32.2. The van der Waals surface area contributed by atoms with Crippen LogP contribution >= 0.6 is 0 Å². The molecule has 0 radical (unpaired) electrons. The van der Waals surface area contributed by atoms with E-state index in [9.17, 15) is 8.42 Å². The highest BCUT2D eigenvalue weighted by Crippen LogP contribution is 2.18. The van der Waals surface area contributed by atoms with Crippen molar-refractivity contribution < 1.29 is 8.42 Å². The van der Waals surface area contributed by atoms with Gasteiger partial charge in [-0.1, -0.05) is 36.4 Å². The molecular weight excluding hydrogens is 358 g/mol. The molecule has 0 bridgehead atoms. The Kier molecular flexibility index (Phi) is 6.62. The monoisotopic (exact) mass is 383 g/mol. The Morgan fingerprint density at radius 3 is 2.74 bits per heavy atom. The molecule has 1 fully saturated rings. The molecule has 1 aliphatic heterocycles. The molecule has 1 saturated heterocycles. The molecule has 2 aromatic rings. The van der Waals surface area contributed by atoms with Crippen molar-refractivity contribution in [1.29, 1.82) is 5.26 Å². The summed E-state index contributed by atoms with van der Waals surface area (Å²) in [5.74, 6) is 0.309. The molecule has 5 nitrogen and oxygen atoms in total. The molecule has 1 aliphatic rings. The van der Waals surface area contributed by atoms with Gasteiger partial charge in [-0.25, -0.2) is 13.1 Å². The van der Waals surface area contributed by atoms with E-state index < -0.39 is 10.0 Å². The lowest BCUT2D eigenvalue weighted by molar-refractivity contribution is 0.178. The second kappa shape index (κ2) is 9.14. The minimum Gasteiger partial charge on any atom is -0.303 e. The maximum atomic E-state index is 12.5. The Labute approximate surface area is 161 Å². The molecule has 1 N–H and O–H groups in total. The van der Waals surface area contributed by atoms with Crippen molar-refractivity contribution in [1.82, 2.24) is 9.62 Å². The third-order valence-corrected chi connectivity index (χ3v) is 6.42. The van der Waals surface area contributed by atoms with Crippen molar-refractivity contribution in [3.05, 3.63) is 65.7 Å². The average molecular weight is 384 g/mol. The zero-order valence-corrected chi connectivity index (χ0v) is 16.2. The number of hydrogen-bond acceptors (Lipinski definition) is 4. The van der Waals surface area contributed by atoms with Gasteiger partial charge in [0.2, 0.25) is 10.0 Å². The molecule has 1 heterocycles. The summed E-state index contributed by atoms with van der Waals surface area (Å²) in [5.41, 5.74) is 1.68. The van der Waals surface area contributed by atoms with Gasteiger partial charge in [0, 0.05) is 19.6 Å². The molecule has 0 aliphatic carbocycles. The molecule has 0 amide bonds. The fourth-order valence-corrected chi connectivity index (χ4v) is 4.66. The molecule has 27 heavy (non-hydrogen) atoms. The van der Waals surface area contributed by atoms with E-state index in [-0.39, 0.29) is 4.90 Å². The summed E-state index contributed by atoms with van der Waals surface area (Å²) >= 11 is 0. The number of benzene rings is 2. The van der Waals surface area contributed by atoms with Gasteiger partial charge in [0.1, 0.15) is 0 Å². The van der Waals surface area contributed by atoms with E-state index in [0.717, 1.165) is 38.9 Å². The van der Waals surface area contributed by atoms with Crippen molar-refractivity contribution in [3.63, 3.8) is 0 Å². The summed E-state index contributed by atoms with van der Waals surface area (Å²) in [7, 11) is -3.58. The minimum atomic E-state index is -3.58. The molecule has 6 heteroatoms. The lowest BCUT2D eigenvalue weighted by atomic mass is 9.98. The molecule has 1 atom stereocenters. The van der Waals surface area contributed by atoms with Crippen LogP contribution in [0.1, 0.15) is 24.0 Å². The van der Waals surface area contributed by atoms with Crippen LogP contribution in [0.5, 0.6) is 0 Å². The van der Waals surface area contributed by atoms with Gasteiger partial charge in [-0.05, 0) is 55.5 Å². The number of sulfonamides is 1. The third kappa shape index (κ3) is 5.64. The van der Waals surface area contributed by atoms with Crippen molar-refractivity contribution in [2.75, 3.05) is 26.2 Å². The fraction of sp³-hybridized carbons (Fsp3) is 0.381. The summed E-state index contributed by atoms with van der Waals surface area (Å²) in [6, 6.07) is 18.5. The minimum absolute atomic E-state index is 0.151. The van der Waals surface area contributed by atoms with Gasteiger partial charge >= 0.3 is 0 Å². The van der Waals surface area contributed by atoms with E-state index in [1.54, 1.807) is 12.1 Å².